The molecule has 84 valence electrons. The number of rotatable bonds is 2. The van der Waals surface area contributed by atoms with Gasteiger partial charge in [0.25, 0.3) is 0 Å². The highest BCUT2D eigenvalue weighted by molar-refractivity contribution is 5.95. The highest BCUT2D eigenvalue weighted by Crippen LogP contribution is 2.23. The first-order valence-corrected chi connectivity index (χ1v) is 5.01. The fourth-order valence-corrected chi connectivity index (χ4v) is 1.80. The second kappa shape index (κ2) is 3.56. The topological polar surface area (TPSA) is 45.5 Å². The van der Waals surface area contributed by atoms with Gasteiger partial charge in [0.2, 0.25) is 0 Å². The average Bonchev–Trinajstić information content (AvgIpc) is 2.56. The van der Waals surface area contributed by atoms with Crippen molar-refractivity contribution in [1.82, 2.24) is 4.57 Å². The third-order valence-corrected chi connectivity index (χ3v) is 2.76. The summed E-state index contributed by atoms with van der Waals surface area (Å²) in [5, 5.41) is 9.96. The summed E-state index contributed by atoms with van der Waals surface area (Å²) in [6.45, 7) is 0. The van der Waals surface area contributed by atoms with E-state index < -0.39 is 5.97 Å². The first-order valence-electron chi connectivity index (χ1n) is 5.01. The molecular formula is C12H14N2O2. The Morgan fingerprint density at radius 2 is 2.00 bits per heavy atom. The lowest BCUT2D eigenvalue weighted by Crippen LogP contribution is -2.08. The molecule has 0 saturated heterocycles. The molecule has 1 N–H and O–H groups in total. The molecule has 1 heterocycles. The van der Waals surface area contributed by atoms with E-state index in [0.29, 0.717) is 5.69 Å². The minimum absolute atomic E-state index is 0.311. The van der Waals surface area contributed by atoms with Crippen molar-refractivity contribution in [2.24, 2.45) is 7.05 Å². The van der Waals surface area contributed by atoms with Crippen molar-refractivity contribution in [2.75, 3.05) is 19.0 Å². The average molecular weight is 218 g/mol. The van der Waals surface area contributed by atoms with Crippen molar-refractivity contribution in [3.05, 3.63) is 30.0 Å². The highest BCUT2D eigenvalue weighted by Gasteiger charge is 2.12. The monoisotopic (exact) mass is 218 g/mol. The Morgan fingerprint density at radius 1 is 1.31 bits per heavy atom. The lowest BCUT2D eigenvalue weighted by Gasteiger charge is -2.12. The van der Waals surface area contributed by atoms with Crippen molar-refractivity contribution in [2.45, 2.75) is 0 Å². The van der Waals surface area contributed by atoms with Gasteiger partial charge < -0.3 is 14.6 Å². The van der Waals surface area contributed by atoms with Crippen molar-refractivity contribution in [3.8, 4) is 0 Å². The molecule has 0 radical (unpaired) electrons. The summed E-state index contributed by atoms with van der Waals surface area (Å²) in [6.07, 6.45) is 0. The SMILES string of the molecule is CN(C)c1ccc2cc(C(=O)O)n(C)c2c1. The van der Waals surface area contributed by atoms with Crippen molar-refractivity contribution in [1.29, 1.82) is 0 Å². The normalized spacial score (nSPS) is 10.7. The van der Waals surface area contributed by atoms with Gasteiger partial charge in [-0.1, -0.05) is 6.07 Å². The number of aromatic carboxylic acids is 1. The zero-order valence-electron chi connectivity index (χ0n) is 9.56. The van der Waals surface area contributed by atoms with E-state index in [1.165, 1.54) is 0 Å². The summed E-state index contributed by atoms with van der Waals surface area (Å²) in [5.74, 6) is -0.898. The zero-order valence-corrected chi connectivity index (χ0v) is 9.56. The van der Waals surface area contributed by atoms with Gasteiger partial charge in [0.05, 0.1) is 5.52 Å². The largest absolute Gasteiger partial charge is 0.477 e. The molecule has 0 saturated carbocycles. The number of aromatic nitrogens is 1. The fraction of sp³-hybridized carbons (Fsp3) is 0.250. The molecule has 2 aromatic rings. The van der Waals surface area contributed by atoms with E-state index in [4.69, 9.17) is 5.11 Å². The van der Waals surface area contributed by atoms with E-state index in [0.717, 1.165) is 16.6 Å². The summed E-state index contributed by atoms with van der Waals surface area (Å²) in [5.41, 5.74) is 2.31. The quantitative estimate of drug-likeness (QED) is 0.837. The van der Waals surface area contributed by atoms with Crippen LogP contribution in [0.1, 0.15) is 10.5 Å². The standard InChI is InChI=1S/C12H14N2O2/c1-13(2)9-5-4-8-6-11(12(15)16)14(3)10(8)7-9/h4-7H,1-3H3,(H,15,16). The number of carbonyl (C=O) groups is 1. The van der Waals surface area contributed by atoms with Crippen molar-refractivity contribution >= 4 is 22.6 Å². The van der Waals surface area contributed by atoms with Crippen LogP contribution in [0.5, 0.6) is 0 Å². The number of nitrogens with zero attached hydrogens (tertiary/aromatic N) is 2. The smallest absolute Gasteiger partial charge is 0.352 e. The number of hydrogen-bond acceptors (Lipinski definition) is 2. The predicted octanol–water partition coefficient (Wildman–Crippen LogP) is 1.94. The number of fused-ring (bicyclic) bond motifs is 1. The molecular weight excluding hydrogens is 204 g/mol. The van der Waals surface area contributed by atoms with Gasteiger partial charge in [-0.25, -0.2) is 4.79 Å². The third-order valence-electron chi connectivity index (χ3n) is 2.76. The van der Waals surface area contributed by atoms with Crippen LogP contribution in [0, 0.1) is 0 Å². The number of hydrogen-bond donors (Lipinski definition) is 1. The van der Waals surface area contributed by atoms with Crippen LogP contribution in [0.4, 0.5) is 5.69 Å². The van der Waals surface area contributed by atoms with Crippen LogP contribution in [-0.2, 0) is 7.05 Å². The van der Waals surface area contributed by atoms with E-state index in [2.05, 4.69) is 0 Å². The maximum atomic E-state index is 11.0. The van der Waals surface area contributed by atoms with E-state index in [9.17, 15) is 4.79 Å². The van der Waals surface area contributed by atoms with E-state index in [1.807, 2.05) is 37.2 Å². The van der Waals surface area contributed by atoms with Crippen LogP contribution in [0.25, 0.3) is 10.9 Å². The Balaban J connectivity index is 2.69. The van der Waals surface area contributed by atoms with Crippen LogP contribution in [-0.4, -0.2) is 29.7 Å². The number of carboxylic acids is 1. The summed E-state index contributed by atoms with van der Waals surface area (Å²) in [6, 6.07) is 7.60. The Kier molecular flexibility index (Phi) is 2.34. The van der Waals surface area contributed by atoms with Crippen LogP contribution < -0.4 is 4.90 Å². The second-order valence-corrected chi connectivity index (χ2v) is 4.03. The number of anilines is 1. The molecule has 16 heavy (non-hydrogen) atoms. The second-order valence-electron chi connectivity index (χ2n) is 4.03. The van der Waals surface area contributed by atoms with Gasteiger partial charge in [0, 0.05) is 32.2 Å². The Morgan fingerprint density at radius 3 is 2.56 bits per heavy atom. The maximum Gasteiger partial charge on any atom is 0.352 e. The molecule has 4 nitrogen and oxygen atoms in total. The lowest BCUT2D eigenvalue weighted by molar-refractivity contribution is 0.0687. The molecule has 0 aliphatic carbocycles. The summed E-state index contributed by atoms with van der Waals surface area (Å²) >= 11 is 0. The molecule has 2 rings (SSSR count). The molecule has 0 bridgehead atoms. The number of aryl methyl sites for hydroxylation is 1. The van der Waals surface area contributed by atoms with Crippen molar-refractivity contribution in [3.63, 3.8) is 0 Å². The number of benzene rings is 1. The number of carboxylic acid groups (broad SMARTS) is 1. The fourth-order valence-electron chi connectivity index (χ4n) is 1.80. The maximum absolute atomic E-state index is 11.0. The molecule has 0 spiro atoms. The Bertz CT molecular complexity index is 555. The lowest BCUT2D eigenvalue weighted by atomic mass is 10.2. The Labute approximate surface area is 93.7 Å². The molecule has 0 atom stereocenters. The first-order chi connectivity index (χ1) is 7.50. The van der Waals surface area contributed by atoms with Gasteiger partial charge in [-0.2, -0.15) is 0 Å². The molecule has 0 amide bonds. The van der Waals surface area contributed by atoms with E-state index >= 15 is 0 Å². The minimum atomic E-state index is -0.898. The van der Waals surface area contributed by atoms with E-state index in [1.54, 1.807) is 17.7 Å². The molecule has 0 unspecified atom stereocenters. The highest BCUT2D eigenvalue weighted by atomic mass is 16.4. The van der Waals surface area contributed by atoms with Crippen LogP contribution >= 0.6 is 0 Å². The zero-order chi connectivity index (χ0) is 11.9. The third kappa shape index (κ3) is 1.52. The first kappa shape index (κ1) is 10.5. The molecule has 0 fully saturated rings. The molecule has 4 heteroatoms. The molecule has 0 aliphatic heterocycles. The van der Waals surface area contributed by atoms with Gasteiger partial charge in [0.15, 0.2) is 0 Å². The minimum Gasteiger partial charge on any atom is -0.477 e. The summed E-state index contributed by atoms with van der Waals surface area (Å²) in [4.78, 5) is 13.0. The van der Waals surface area contributed by atoms with Gasteiger partial charge in [-0.05, 0) is 18.2 Å². The molecule has 0 aliphatic rings. The van der Waals surface area contributed by atoms with Crippen molar-refractivity contribution < 1.29 is 9.90 Å². The van der Waals surface area contributed by atoms with Gasteiger partial charge >= 0.3 is 5.97 Å². The molecule has 1 aromatic heterocycles. The van der Waals surface area contributed by atoms with Gasteiger partial charge in [-0.15, -0.1) is 0 Å². The summed E-state index contributed by atoms with van der Waals surface area (Å²) in [7, 11) is 5.69. The molecule has 1 aromatic carbocycles. The predicted molar refractivity (Wildman–Crippen MR) is 64.2 cm³/mol. The van der Waals surface area contributed by atoms with E-state index in [-0.39, 0.29) is 0 Å². The summed E-state index contributed by atoms with van der Waals surface area (Å²) < 4.78 is 1.70. The van der Waals surface area contributed by atoms with Crippen LogP contribution in [0.3, 0.4) is 0 Å². The van der Waals surface area contributed by atoms with Crippen LogP contribution in [0.2, 0.25) is 0 Å². The Hall–Kier alpha value is -1.97. The van der Waals surface area contributed by atoms with Crippen LogP contribution in [0.15, 0.2) is 24.3 Å². The van der Waals surface area contributed by atoms with Gasteiger partial charge in [0.1, 0.15) is 5.69 Å². The van der Waals surface area contributed by atoms with Gasteiger partial charge in [-0.3, -0.25) is 0 Å².